The van der Waals surface area contributed by atoms with Gasteiger partial charge in [-0.2, -0.15) is 0 Å². The van der Waals surface area contributed by atoms with Gasteiger partial charge < -0.3 is 9.47 Å². The third-order valence-electron chi connectivity index (χ3n) is 6.56. The van der Waals surface area contributed by atoms with E-state index in [2.05, 4.69) is 4.98 Å². The molecule has 7 nitrogen and oxygen atoms in total. The second kappa shape index (κ2) is 9.10. The molecule has 0 atom stereocenters. The van der Waals surface area contributed by atoms with E-state index in [9.17, 15) is 9.59 Å². The summed E-state index contributed by atoms with van der Waals surface area (Å²) in [4.78, 5) is 33.6. The molecule has 0 radical (unpaired) electrons. The molecular weight excluding hydrogens is 438 g/mol. The second-order valence-corrected chi connectivity index (χ2v) is 8.67. The standard InChI is InChI=1S/C28H27N5O2/c1-20-24(27(34)33(31(20)3)23-13-5-4-6-14-23)19-32(18-22-12-9-10-16-29-22)28(35)26-17-21-11-7-8-15-25(21)30(26)2/h4-17H,18-19H2,1-3H3. The van der Waals surface area contributed by atoms with E-state index in [4.69, 9.17) is 0 Å². The van der Waals surface area contributed by atoms with E-state index in [1.165, 1.54) is 0 Å². The van der Waals surface area contributed by atoms with Gasteiger partial charge in [0.2, 0.25) is 0 Å². The van der Waals surface area contributed by atoms with E-state index < -0.39 is 0 Å². The van der Waals surface area contributed by atoms with Crippen LogP contribution < -0.4 is 5.56 Å². The predicted molar refractivity (Wildman–Crippen MR) is 136 cm³/mol. The average Bonchev–Trinajstić information content (AvgIpc) is 3.33. The summed E-state index contributed by atoms with van der Waals surface area (Å²) in [7, 11) is 3.76. The van der Waals surface area contributed by atoms with Gasteiger partial charge in [-0.1, -0.05) is 42.5 Å². The highest BCUT2D eigenvalue weighted by Gasteiger charge is 2.25. The van der Waals surface area contributed by atoms with Crippen molar-refractivity contribution in [3.8, 4) is 5.69 Å². The van der Waals surface area contributed by atoms with Crippen LogP contribution in [0.4, 0.5) is 0 Å². The van der Waals surface area contributed by atoms with Gasteiger partial charge in [0.05, 0.1) is 30.0 Å². The van der Waals surface area contributed by atoms with E-state index in [0.717, 1.165) is 28.0 Å². The minimum atomic E-state index is -0.150. The van der Waals surface area contributed by atoms with Gasteiger partial charge in [-0.3, -0.25) is 19.3 Å². The van der Waals surface area contributed by atoms with Crippen LogP contribution in [0.25, 0.3) is 16.6 Å². The van der Waals surface area contributed by atoms with Gasteiger partial charge in [0.25, 0.3) is 11.5 Å². The molecule has 0 unspecified atom stereocenters. The lowest BCUT2D eigenvalue weighted by atomic mass is 10.2. The van der Waals surface area contributed by atoms with E-state index in [0.29, 0.717) is 17.8 Å². The summed E-state index contributed by atoms with van der Waals surface area (Å²) >= 11 is 0. The number of aromatic nitrogens is 4. The van der Waals surface area contributed by atoms with Crippen molar-refractivity contribution in [2.45, 2.75) is 20.0 Å². The van der Waals surface area contributed by atoms with E-state index in [1.807, 2.05) is 109 Å². The third-order valence-corrected chi connectivity index (χ3v) is 6.56. The molecule has 176 valence electrons. The number of pyridine rings is 1. The highest BCUT2D eigenvalue weighted by Crippen LogP contribution is 2.22. The Morgan fingerprint density at radius 1 is 0.914 bits per heavy atom. The van der Waals surface area contributed by atoms with Crippen LogP contribution in [-0.4, -0.2) is 29.7 Å². The molecule has 0 N–H and O–H groups in total. The lowest BCUT2D eigenvalue weighted by Crippen LogP contribution is -2.34. The largest absolute Gasteiger partial charge is 0.340 e. The number of para-hydroxylation sites is 2. The fraction of sp³-hybridized carbons (Fsp3) is 0.179. The maximum Gasteiger partial charge on any atom is 0.276 e. The molecule has 35 heavy (non-hydrogen) atoms. The molecular formula is C28H27N5O2. The van der Waals surface area contributed by atoms with Gasteiger partial charge in [-0.15, -0.1) is 0 Å². The molecule has 2 aromatic carbocycles. The van der Waals surface area contributed by atoms with Crippen LogP contribution >= 0.6 is 0 Å². The molecule has 3 heterocycles. The lowest BCUT2D eigenvalue weighted by Gasteiger charge is -2.22. The number of hydrogen-bond acceptors (Lipinski definition) is 3. The first-order chi connectivity index (χ1) is 17.0. The lowest BCUT2D eigenvalue weighted by molar-refractivity contribution is 0.0718. The van der Waals surface area contributed by atoms with Crippen LogP contribution in [0.1, 0.15) is 27.4 Å². The van der Waals surface area contributed by atoms with Gasteiger partial charge in [-0.05, 0) is 43.3 Å². The first kappa shape index (κ1) is 22.4. The van der Waals surface area contributed by atoms with Gasteiger partial charge in [0.1, 0.15) is 5.69 Å². The van der Waals surface area contributed by atoms with Crippen LogP contribution in [0, 0.1) is 6.92 Å². The van der Waals surface area contributed by atoms with Crippen molar-refractivity contribution in [1.29, 1.82) is 0 Å². The fourth-order valence-electron chi connectivity index (χ4n) is 4.54. The maximum absolute atomic E-state index is 13.9. The van der Waals surface area contributed by atoms with Crippen molar-refractivity contribution < 1.29 is 4.79 Å². The van der Waals surface area contributed by atoms with Crippen molar-refractivity contribution >= 4 is 16.8 Å². The summed E-state index contributed by atoms with van der Waals surface area (Å²) in [6.07, 6.45) is 1.71. The molecule has 0 bridgehead atoms. The number of benzene rings is 2. The zero-order chi connectivity index (χ0) is 24.5. The third kappa shape index (κ3) is 4.05. The molecule has 1 amide bonds. The first-order valence-electron chi connectivity index (χ1n) is 11.5. The number of amides is 1. The number of hydrogen-bond donors (Lipinski definition) is 0. The van der Waals surface area contributed by atoms with Crippen molar-refractivity contribution in [3.63, 3.8) is 0 Å². The van der Waals surface area contributed by atoms with Crippen molar-refractivity contribution in [2.75, 3.05) is 0 Å². The van der Waals surface area contributed by atoms with Crippen molar-refractivity contribution in [2.24, 2.45) is 14.1 Å². The molecule has 5 aromatic rings. The molecule has 0 aliphatic rings. The van der Waals surface area contributed by atoms with Gasteiger partial charge >= 0.3 is 0 Å². The Bertz CT molecular complexity index is 1560. The van der Waals surface area contributed by atoms with Crippen LogP contribution in [0.3, 0.4) is 0 Å². The zero-order valence-corrected chi connectivity index (χ0v) is 20.0. The summed E-state index contributed by atoms with van der Waals surface area (Å²) in [5, 5.41) is 0.999. The monoisotopic (exact) mass is 465 g/mol. The van der Waals surface area contributed by atoms with Gasteiger partial charge in [0, 0.05) is 36.9 Å². The number of fused-ring (bicyclic) bond motifs is 1. The second-order valence-electron chi connectivity index (χ2n) is 8.67. The predicted octanol–water partition coefficient (Wildman–Crippen LogP) is 4.21. The van der Waals surface area contributed by atoms with Crippen LogP contribution in [0.15, 0.2) is 89.9 Å². The summed E-state index contributed by atoms with van der Waals surface area (Å²) in [5.41, 5.74) is 4.36. The Labute approximate surface area is 203 Å². The smallest absolute Gasteiger partial charge is 0.276 e. The molecule has 3 aromatic heterocycles. The molecule has 0 spiro atoms. The number of aryl methyl sites for hydroxylation is 1. The van der Waals surface area contributed by atoms with E-state index in [1.54, 1.807) is 15.8 Å². The SMILES string of the molecule is Cc1c(CN(Cc2ccccn2)C(=O)c2cc3ccccc3n2C)c(=O)n(-c2ccccc2)n1C. The molecule has 0 saturated carbocycles. The van der Waals surface area contributed by atoms with Crippen LogP contribution in [0.5, 0.6) is 0 Å². The summed E-state index contributed by atoms with van der Waals surface area (Å²) in [5.74, 6) is -0.150. The number of carbonyl (C=O) groups excluding carboxylic acids is 1. The highest BCUT2D eigenvalue weighted by atomic mass is 16.2. The van der Waals surface area contributed by atoms with E-state index in [-0.39, 0.29) is 18.0 Å². The number of carbonyl (C=O) groups is 1. The number of rotatable bonds is 6. The molecule has 0 fully saturated rings. The number of nitrogens with zero attached hydrogens (tertiary/aromatic N) is 5. The minimum Gasteiger partial charge on any atom is -0.340 e. The van der Waals surface area contributed by atoms with Crippen LogP contribution in [-0.2, 0) is 27.2 Å². The minimum absolute atomic E-state index is 0.132. The molecule has 0 aliphatic heterocycles. The van der Waals surface area contributed by atoms with Gasteiger partial charge in [-0.25, -0.2) is 4.68 Å². The maximum atomic E-state index is 13.9. The topological polar surface area (TPSA) is 65.1 Å². The summed E-state index contributed by atoms with van der Waals surface area (Å²) in [6, 6.07) is 25.0. The van der Waals surface area contributed by atoms with Crippen LogP contribution in [0.2, 0.25) is 0 Å². The molecule has 0 saturated heterocycles. The summed E-state index contributed by atoms with van der Waals surface area (Å²) < 4.78 is 5.39. The van der Waals surface area contributed by atoms with Crippen molar-refractivity contribution in [1.82, 2.24) is 23.8 Å². The molecule has 7 heteroatoms. The normalized spacial score (nSPS) is 11.2. The Hall–Kier alpha value is -4.39. The fourth-order valence-corrected chi connectivity index (χ4v) is 4.54. The van der Waals surface area contributed by atoms with Crippen molar-refractivity contribution in [3.05, 3.63) is 118 Å². The Kier molecular flexibility index (Phi) is 5.82. The zero-order valence-electron chi connectivity index (χ0n) is 20.0. The quantitative estimate of drug-likeness (QED) is 0.377. The first-order valence-corrected chi connectivity index (χ1v) is 11.5. The Morgan fingerprint density at radius 3 is 2.34 bits per heavy atom. The Morgan fingerprint density at radius 2 is 1.63 bits per heavy atom. The molecule has 0 aliphatic carbocycles. The van der Waals surface area contributed by atoms with E-state index >= 15 is 0 Å². The summed E-state index contributed by atoms with van der Waals surface area (Å²) in [6.45, 7) is 2.38. The highest BCUT2D eigenvalue weighted by molar-refractivity contribution is 5.98. The average molecular weight is 466 g/mol. The molecule has 5 rings (SSSR count). The Balaban J connectivity index is 1.58. The van der Waals surface area contributed by atoms with Gasteiger partial charge in [0.15, 0.2) is 0 Å².